The maximum atomic E-state index is 5.09. The predicted molar refractivity (Wildman–Crippen MR) is 89.9 cm³/mol. The highest BCUT2D eigenvalue weighted by Gasteiger charge is 2.18. The topological polar surface area (TPSA) is 48.9 Å². The van der Waals surface area contributed by atoms with Crippen molar-refractivity contribution < 1.29 is 4.74 Å². The van der Waals surface area contributed by atoms with Gasteiger partial charge in [0.05, 0.1) is 13.2 Å². The Balaban J connectivity index is 2.32. The van der Waals surface area contributed by atoms with E-state index in [0.29, 0.717) is 6.04 Å². The van der Waals surface area contributed by atoms with Crippen LogP contribution in [0.5, 0.6) is 0 Å². The molecule has 2 N–H and O–H groups in total. The molecule has 0 aromatic rings. The minimum absolute atomic E-state index is 0.588. The Morgan fingerprint density at radius 1 is 1.24 bits per heavy atom. The largest absolute Gasteiger partial charge is 0.383 e. The van der Waals surface area contributed by atoms with Gasteiger partial charge in [0.25, 0.3) is 0 Å². The average Bonchev–Trinajstić information content (AvgIpc) is 2.47. The summed E-state index contributed by atoms with van der Waals surface area (Å²) in [5.41, 5.74) is 0. The normalized spacial score (nSPS) is 23.4. The average molecular weight is 298 g/mol. The minimum atomic E-state index is 0.588. The van der Waals surface area contributed by atoms with E-state index in [9.17, 15) is 0 Å². The molecule has 5 nitrogen and oxygen atoms in total. The summed E-state index contributed by atoms with van der Waals surface area (Å²) < 4.78 is 5.09. The van der Waals surface area contributed by atoms with Crippen LogP contribution < -0.4 is 10.6 Å². The summed E-state index contributed by atoms with van der Waals surface area (Å²) in [6, 6.07) is 0.588. The van der Waals surface area contributed by atoms with Gasteiger partial charge in [0.15, 0.2) is 5.96 Å². The van der Waals surface area contributed by atoms with Gasteiger partial charge in [-0.15, -0.1) is 0 Å². The molecular formula is C16H34N4O. The third kappa shape index (κ3) is 8.27. The molecule has 0 amide bonds. The van der Waals surface area contributed by atoms with Crippen molar-refractivity contribution in [3.8, 4) is 0 Å². The lowest BCUT2D eigenvalue weighted by Crippen LogP contribution is -2.45. The second kappa shape index (κ2) is 10.9. The van der Waals surface area contributed by atoms with Crippen molar-refractivity contribution in [2.75, 3.05) is 46.9 Å². The molecule has 0 spiro atoms. The molecule has 0 aromatic heterocycles. The van der Waals surface area contributed by atoms with E-state index in [0.717, 1.165) is 44.7 Å². The lowest BCUT2D eigenvalue weighted by Gasteiger charge is -2.28. The number of methoxy groups -OCH3 is 1. The Kier molecular flexibility index (Phi) is 9.42. The first kappa shape index (κ1) is 18.2. The Hall–Kier alpha value is -0.810. The van der Waals surface area contributed by atoms with Crippen molar-refractivity contribution in [1.29, 1.82) is 0 Å². The maximum Gasteiger partial charge on any atom is 0.191 e. The van der Waals surface area contributed by atoms with Gasteiger partial charge in [-0.25, -0.2) is 0 Å². The number of guanidine groups is 1. The highest BCUT2D eigenvalue weighted by atomic mass is 16.5. The van der Waals surface area contributed by atoms with E-state index in [4.69, 9.17) is 4.74 Å². The van der Waals surface area contributed by atoms with E-state index in [2.05, 4.69) is 41.4 Å². The molecule has 21 heavy (non-hydrogen) atoms. The third-order valence-corrected chi connectivity index (χ3v) is 4.13. The summed E-state index contributed by atoms with van der Waals surface area (Å²) in [4.78, 5) is 6.94. The fourth-order valence-corrected chi connectivity index (χ4v) is 2.61. The van der Waals surface area contributed by atoms with E-state index < -0.39 is 0 Å². The van der Waals surface area contributed by atoms with Gasteiger partial charge in [-0.05, 0) is 45.6 Å². The Morgan fingerprint density at radius 2 is 1.95 bits per heavy atom. The number of aliphatic imine (C=N–C) groups is 1. The summed E-state index contributed by atoms with van der Waals surface area (Å²) in [6.07, 6.45) is 5.19. The number of nitrogens with one attached hydrogen (secondary N) is 2. The lowest BCUT2D eigenvalue weighted by atomic mass is 9.87. The summed E-state index contributed by atoms with van der Waals surface area (Å²) in [5.74, 6) is 1.86. The molecule has 0 heterocycles. The van der Waals surface area contributed by atoms with Crippen molar-refractivity contribution in [2.24, 2.45) is 10.9 Å². The first-order valence-electron chi connectivity index (χ1n) is 8.38. The Labute approximate surface area is 130 Å². The van der Waals surface area contributed by atoms with E-state index >= 15 is 0 Å². The molecule has 0 aromatic carbocycles. The maximum absolute atomic E-state index is 5.09. The zero-order valence-electron chi connectivity index (χ0n) is 14.3. The highest BCUT2D eigenvalue weighted by Crippen LogP contribution is 2.23. The second-order valence-corrected chi connectivity index (χ2v) is 6.16. The summed E-state index contributed by atoms with van der Waals surface area (Å²) in [7, 11) is 3.85. The van der Waals surface area contributed by atoms with Crippen molar-refractivity contribution >= 4 is 5.96 Å². The molecule has 0 aliphatic heterocycles. The zero-order valence-corrected chi connectivity index (χ0v) is 14.3. The van der Waals surface area contributed by atoms with Gasteiger partial charge < -0.3 is 20.3 Å². The van der Waals surface area contributed by atoms with Crippen LogP contribution in [-0.4, -0.2) is 63.8 Å². The Bertz CT molecular complexity index is 288. The molecule has 0 saturated heterocycles. The van der Waals surface area contributed by atoms with Crippen LogP contribution in [0.25, 0.3) is 0 Å². The fraction of sp³-hybridized carbons (Fsp3) is 0.938. The first-order valence-corrected chi connectivity index (χ1v) is 8.38. The van der Waals surface area contributed by atoms with E-state index in [1.54, 1.807) is 7.11 Å². The number of hydrogen-bond acceptors (Lipinski definition) is 3. The monoisotopic (exact) mass is 298 g/mol. The summed E-state index contributed by atoms with van der Waals surface area (Å²) in [5, 5.41) is 6.94. The van der Waals surface area contributed by atoms with Crippen LogP contribution in [0.1, 0.15) is 39.5 Å². The van der Waals surface area contributed by atoms with Crippen LogP contribution in [0.4, 0.5) is 0 Å². The molecule has 1 aliphatic rings. The van der Waals surface area contributed by atoms with Crippen LogP contribution in [0, 0.1) is 5.92 Å². The van der Waals surface area contributed by atoms with Crippen LogP contribution in [0.3, 0.4) is 0 Å². The van der Waals surface area contributed by atoms with Crippen molar-refractivity contribution in [2.45, 2.75) is 45.6 Å². The van der Waals surface area contributed by atoms with Gasteiger partial charge in [-0.2, -0.15) is 0 Å². The standard InChI is InChI=1S/C16H34N4O/c1-5-17-16(18-10-11-20(3)12-13-21-4)19-15-8-6-14(2)7-9-15/h14-15H,5-13H2,1-4H3,(H2,17,18,19). The van der Waals surface area contributed by atoms with Crippen LogP contribution >= 0.6 is 0 Å². The van der Waals surface area contributed by atoms with Crippen LogP contribution in [-0.2, 0) is 4.74 Å². The molecule has 1 saturated carbocycles. The molecule has 0 unspecified atom stereocenters. The minimum Gasteiger partial charge on any atom is -0.383 e. The summed E-state index contributed by atoms with van der Waals surface area (Å²) >= 11 is 0. The van der Waals surface area contributed by atoms with Gasteiger partial charge in [0.2, 0.25) is 0 Å². The van der Waals surface area contributed by atoms with E-state index in [-0.39, 0.29) is 0 Å². The molecule has 5 heteroatoms. The quantitative estimate of drug-likeness (QED) is 0.529. The zero-order chi connectivity index (χ0) is 15.5. The molecule has 0 radical (unpaired) electrons. The molecule has 1 aliphatic carbocycles. The number of likely N-dealkylation sites (N-methyl/N-ethyl adjacent to an activating group) is 1. The lowest BCUT2D eigenvalue weighted by molar-refractivity contribution is 0.163. The number of rotatable bonds is 8. The van der Waals surface area contributed by atoms with E-state index in [1.807, 2.05) is 0 Å². The van der Waals surface area contributed by atoms with Crippen molar-refractivity contribution in [3.05, 3.63) is 0 Å². The number of nitrogens with zero attached hydrogens (tertiary/aromatic N) is 2. The summed E-state index contributed by atoms with van der Waals surface area (Å²) in [6.45, 7) is 8.89. The molecule has 1 rings (SSSR count). The fourth-order valence-electron chi connectivity index (χ4n) is 2.61. The first-order chi connectivity index (χ1) is 10.2. The number of ether oxygens (including phenoxy) is 1. The van der Waals surface area contributed by atoms with Gasteiger partial charge >= 0.3 is 0 Å². The van der Waals surface area contributed by atoms with Gasteiger partial charge in [-0.3, -0.25) is 4.99 Å². The van der Waals surface area contributed by atoms with Crippen molar-refractivity contribution in [1.82, 2.24) is 15.5 Å². The van der Waals surface area contributed by atoms with Gasteiger partial charge in [-0.1, -0.05) is 6.92 Å². The number of hydrogen-bond donors (Lipinski definition) is 2. The highest BCUT2D eigenvalue weighted by molar-refractivity contribution is 5.80. The van der Waals surface area contributed by atoms with Crippen molar-refractivity contribution in [3.63, 3.8) is 0 Å². The van der Waals surface area contributed by atoms with Crippen LogP contribution in [0.15, 0.2) is 4.99 Å². The Morgan fingerprint density at radius 3 is 2.57 bits per heavy atom. The molecule has 1 fully saturated rings. The van der Waals surface area contributed by atoms with Gasteiger partial charge in [0, 0.05) is 32.8 Å². The second-order valence-electron chi connectivity index (χ2n) is 6.16. The SMILES string of the molecule is CCNC(=NCCN(C)CCOC)NC1CCC(C)CC1. The molecule has 0 bridgehead atoms. The molecular weight excluding hydrogens is 264 g/mol. The van der Waals surface area contributed by atoms with E-state index in [1.165, 1.54) is 25.7 Å². The van der Waals surface area contributed by atoms with Crippen LogP contribution in [0.2, 0.25) is 0 Å². The molecule has 0 atom stereocenters. The predicted octanol–water partition coefficient (Wildman–Crippen LogP) is 1.70. The third-order valence-electron chi connectivity index (χ3n) is 4.13. The van der Waals surface area contributed by atoms with Gasteiger partial charge in [0.1, 0.15) is 0 Å². The molecule has 124 valence electrons. The smallest absolute Gasteiger partial charge is 0.191 e.